The van der Waals surface area contributed by atoms with Crippen molar-refractivity contribution in [1.29, 1.82) is 0 Å². The molecule has 0 saturated carbocycles. The number of ether oxygens (including phenoxy) is 3. The van der Waals surface area contributed by atoms with E-state index in [1.807, 2.05) is 43.3 Å². The van der Waals surface area contributed by atoms with E-state index in [2.05, 4.69) is 17.0 Å². The maximum atomic E-state index is 12.4. The van der Waals surface area contributed by atoms with E-state index in [9.17, 15) is 19.2 Å². The van der Waals surface area contributed by atoms with E-state index in [1.54, 1.807) is 23.1 Å². The highest BCUT2D eigenvalue weighted by molar-refractivity contribution is 5.89. The van der Waals surface area contributed by atoms with Crippen LogP contribution in [0.25, 0.3) is 0 Å². The molecule has 2 unspecified atom stereocenters. The van der Waals surface area contributed by atoms with Gasteiger partial charge in [0.05, 0.1) is 25.8 Å². The zero-order valence-corrected chi connectivity index (χ0v) is 22.4. The van der Waals surface area contributed by atoms with Crippen LogP contribution in [0.4, 0.5) is 0 Å². The third-order valence-electron chi connectivity index (χ3n) is 6.12. The minimum absolute atomic E-state index is 0.0187. The Morgan fingerprint density at radius 2 is 1.82 bits per heavy atom. The second-order valence-electron chi connectivity index (χ2n) is 8.77. The van der Waals surface area contributed by atoms with Crippen molar-refractivity contribution in [2.24, 2.45) is 0 Å². The zero-order chi connectivity index (χ0) is 27.8. The lowest BCUT2D eigenvalue weighted by Crippen LogP contribution is -2.48. The standard InChI is InChI=1S/C17H22N2O4.C12H16O3/c1-2-14-8-9-15(19(14)16(21)10-18-12-20)17(22)23-11-13-6-4-3-5-7-13;1-3-4-8-15-11-7-5-6-10(9-11)12(13)14-2/h3-7,12,14-15H,2,8-11H2,1H3,(H,18,20);5-7,9H,3-4,8H2,1-2H3. The lowest BCUT2D eigenvalue weighted by Gasteiger charge is -2.28. The van der Waals surface area contributed by atoms with Gasteiger partial charge in [-0.1, -0.05) is 56.7 Å². The van der Waals surface area contributed by atoms with Crippen LogP contribution in [-0.4, -0.2) is 61.5 Å². The topological polar surface area (TPSA) is 111 Å². The Morgan fingerprint density at radius 3 is 2.47 bits per heavy atom. The number of nitrogens with one attached hydrogen (secondary N) is 1. The molecule has 0 bridgehead atoms. The van der Waals surface area contributed by atoms with E-state index in [1.165, 1.54) is 7.11 Å². The molecule has 38 heavy (non-hydrogen) atoms. The van der Waals surface area contributed by atoms with E-state index >= 15 is 0 Å². The maximum absolute atomic E-state index is 12.4. The summed E-state index contributed by atoms with van der Waals surface area (Å²) in [5, 5.41) is 2.36. The van der Waals surface area contributed by atoms with Gasteiger partial charge >= 0.3 is 11.9 Å². The molecule has 206 valence electrons. The fourth-order valence-electron chi connectivity index (χ4n) is 4.10. The van der Waals surface area contributed by atoms with Crippen molar-refractivity contribution < 1.29 is 33.4 Å². The molecule has 1 aliphatic rings. The van der Waals surface area contributed by atoms with Gasteiger partial charge in [0.1, 0.15) is 18.4 Å². The van der Waals surface area contributed by atoms with Gasteiger partial charge in [0.15, 0.2) is 0 Å². The van der Waals surface area contributed by atoms with Crippen molar-refractivity contribution in [3.05, 3.63) is 65.7 Å². The van der Waals surface area contributed by atoms with Gasteiger partial charge in [-0.25, -0.2) is 9.59 Å². The minimum Gasteiger partial charge on any atom is -0.494 e. The number of hydrogen-bond donors (Lipinski definition) is 1. The third-order valence-corrected chi connectivity index (χ3v) is 6.12. The Morgan fingerprint density at radius 1 is 1.05 bits per heavy atom. The molecule has 2 atom stereocenters. The van der Waals surface area contributed by atoms with Crippen molar-refractivity contribution in [1.82, 2.24) is 10.2 Å². The van der Waals surface area contributed by atoms with Gasteiger partial charge in [0, 0.05) is 6.04 Å². The number of esters is 2. The SMILES string of the molecule is CCC1CCC(C(=O)OCc2ccccc2)N1C(=O)CNC=O.CCCCOc1cccc(C(=O)OC)c1. The van der Waals surface area contributed by atoms with E-state index in [0.29, 0.717) is 30.8 Å². The molecular formula is C29H38N2O7. The van der Waals surface area contributed by atoms with E-state index in [4.69, 9.17) is 9.47 Å². The van der Waals surface area contributed by atoms with Gasteiger partial charge in [0.25, 0.3) is 0 Å². The molecule has 0 aliphatic carbocycles. The van der Waals surface area contributed by atoms with E-state index in [-0.39, 0.29) is 37.0 Å². The van der Waals surface area contributed by atoms with Crippen LogP contribution in [-0.2, 0) is 30.5 Å². The summed E-state index contributed by atoms with van der Waals surface area (Å²) in [6.45, 7) is 4.87. The first-order chi connectivity index (χ1) is 18.4. The molecule has 2 aromatic carbocycles. The van der Waals surface area contributed by atoms with Crippen LogP contribution in [0.3, 0.4) is 0 Å². The van der Waals surface area contributed by atoms with Crippen LogP contribution < -0.4 is 10.1 Å². The normalized spacial score (nSPS) is 16.0. The molecule has 1 fully saturated rings. The molecule has 1 N–H and O–H groups in total. The average Bonchev–Trinajstić information content (AvgIpc) is 3.40. The maximum Gasteiger partial charge on any atom is 0.337 e. The Kier molecular flexibility index (Phi) is 13.4. The first-order valence-electron chi connectivity index (χ1n) is 12.9. The van der Waals surface area contributed by atoms with Gasteiger partial charge in [-0.3, -0.25) is 9.59 Å². The number of hydrogen-bond acceptors (Lipinski definition) is 7. The molecule has 1 aliphatic heterocycles. The Hall–Kier alpha value is -3.88. The number of rotatable bonds is 12. The fourth-order valence-corrected chi connectivity index (χ4v) is 4.10. The smallest absolute Gasteiger partial charge is 0.337 e. The van der Waals surface area contributed by atoms with Gasteiger partial charge in [-0.15, -0.1) is 0 Å². The second kappa shape index (κ2) is 16.8. The Labute approximate surface area is 224 Å². The van der Waals surface area contributed by atoms with Crippen molar-refractivity contribution in [2.45, 2.75) is 64.6 Å². The molecule has 0 spiro atoms. The Balaban J connectivity index is 0.000000293. The summed E-state index contributed by atoms with van der Waals surface area (Å²) < 4.78 is 15.5. The van der Waals surface area contributed by atoms with Gasteiger partial charge in [-0.2, -0.15) is 0 Å². The van der Waals surface area contributed by atoms with Crippen LogP contribution >= 0.6 is 0 Å². The van der Waals surface area contributed by atoms with Crippen molar-refractivity contribution in [3.8, 4) is 5.75 Å². The summed E-state index contributed by atoms with van der Waals surface area (Å²) in [6.07, 6.45) is 4.74. The first-order valence-corrected chi connectivity index (χ1v) is 12.9. The number of unbranched alkanes of at least 4 members (excludes halogenated alkanes) is 1. The predicted octanol–water partition coefficient (Wildman–Crippen LogP) is 3.90. The zero-order valence-electron chi connectivity index (χ0n) is 22.4. The van der Waals surface area contributed by atoms with E-state index in [0.717, 1.165) is 31.2 Å². The number of likely N-dealkylation sites (tertiary alicyclic amines) is 1. The van der Waals surface area contributed by atoms with Crippen LogP contribution in [0.2, 0.25) is 0 Å². The van der Waals surface area contributed by atoms with Gasteiger partial charge in [0.2, 0.25) is 12.3 Å². The lowest BCUT2D eigenvalue weighted by atomic mass is 10.1. The molecule has 1 saturated heterocycles. The molecule has 9 heteroatoms. The van der Waals surface area contributed by atoms with Crippen LogP contribution in [0, 0.1) is 0 Å². The van der Waals surface area contributed by atoms with Crippen LogP contribution in [0.5, 0.6) is 5.75 Å². The number of methoxy groups -OCH3 is 1. The molecule has 9 nitrogen and oxygen atoms in total. The van der Waals surface area contributed by atoms with Gasteiger partial charge in [-0.05, 0) is 49.4 Å². The van der Waals surface area contributed by atoms with Gasteiger partial charge < -0.3 is 24.4 Å². The second-order valence-corrected chi connectivity index (χ2v) is 8.77. The summed E-state index contributed by atoms with van der Waals surface area (Å²) >= 11 is 0. The molecule has 0 aromatic heterocycles. The van der Waals surface area contributed by atoms with Crippen molar-refractivity contribution in [2.75, 3.05) is 20.3 Å². The third kappa shape index (κ3) is 9.53. The fraction of sp³-hybridized carbons (Fsp3) is 0.448. The van der Waals surface area contributed by atoms with Crippen molar-refractivity contribution >= 4 is 24.3 Å². The Bertz CT molecular complexity index is 1030. The molecule has 2 amide bonds. The summed E-state index contributed by atoms with van der Waals surface area (Å²) in [6, 6.07) is 15.9. The number of benzene rings is 2. The lowest BCUT2D eigenvalue weighted by molar-refractivity contribution is -0.155. The highest BCUT2D eigenvalue weighted by Gasteiger charge is 2.40. The summed E-state index contributed by atoms with van der Waals surface area (Å²) in [5.41, 5.74) is 1.43. The number of carbonyl (C=O) groups is 4. The first kappa shape index (κ1) is 30.3. The largest absolute Gasteiger partial charge is 0.494 e. The van der Waals surface area contributed by atoms with Crippen LogP contribution in [0.15, 0.2) is 54.6 Å². The number of amides is 2. The summed E-state index contributed by atoms with van der Waals surface area (Å²) in [4.78, 5) is 47.8. The molecule has 0 radical (unpaired) electrons. The summed E-state index contributed by atoms with van der Waals surface area (Å²) in [5.74, 6) is -0.255. The monoisotopic (exact) mass is 526 g/mol. The number of carbonyl (C=O) groups excluding carboxylic acids is 4. The van der Waals surface area contributed by atoms with E-state index < -0.39 is 6.04 Å². The molecule has 1 heterocycles. The summed E-state index contributed by atoms with van der Waals surface area (Å²) in [7, 11) is 1.37. The minimum atomic E-state index is -0.565. The highest BCUT2D eigenvalue weighted by Crippen LogP contribution is 2.27. The molecule has 3 rings (SSSR count). The van der Waals surface area contributed by atoms with Crippen molar-refractivity contribution in [3.63, 3.8) is 0 Å². The highest BCUT2D eigenvalue weighted by atomic mass is 16.5. The average molecular weight is 527 g/mol. The predicted molar refractivity (Wildman–Crippen MR) is 142 cm³/mol. The molecular weight excluding hydrogens is 488 g/mol. The van der Waals surface area contributed by atoms with Crippen LogP contribution in [0.1, 0.15) is 61.9 Å². The number of nitrogens with zero attached hydrogens (tertiary/aromatic N) is 1. The molecule has 2 aromatic rings. The quantitative estimate of drug-likeness (QED) is 0.254.